The fourth-order valence-electron chi connectivity index (χ4n) is 4.52. The van der Waals surface area contributed by atoms with Crippen LogP contribution in [0.25, 0.3) is 0 Å². The number of likely N-dealkylation sites (tertiary alicyclic amines) is 1. The summed E-state index contributed by atoms with van der Waals surface area (Å²) in [6.07, 6.45) is 9.69. The number of carbonyl (C=O) groups is 1. The fourth-order valence-corrected chi connectivity index (χ4v) is 4.52. The number of aliphatic imine (C=N–C) groups is 1. The smallest absolute Gasteiger partial charge is 0.263 e. The number of methoxy groups -OCH3 is 1. The summed E-state index contributed by atoms with van der Waals surface area (Å²) in [6, 6.07) is 7.49. The van der Waals surface area contributed by atoms with Gasteiger partial charge in [0.1, 0.15) is 0 Å². The molecule has 0 aliphatic carbocycles. The van der Waals surface area contributed by atoms with E-state index in [9.17, 15) is 4.79 Å². The van der Waals surface area contributed by atoms with Gasteiger partial charge in [0, 0.05) is 25.7 Å². The first-order chi connectivity index (χ1) is 17.0. The molecule has 2 aromatic rings. The van der Waals surface area contributed by atoms with Gasteiger partial charge in [0.05, 0.1) is 30.4 Å². The highest BCUT2D eigenvalue weighted by Crippen LogP contribution is 2.30. The second-order valence-corrected chi connectivity index (χ2v) is 9.27. The molecule has 2 N–H and O–H groups in total. The minimum atomic E-state index is -0.174. The molecule has 1 fully saturated rings. The summed E-state index contributed by atoms with van der Waals surface area (Å²) in [6.45, 7) is 7.01. The van der Waals surface area contributed by atoms with Crippen molar-refractivity contribution in [2.45, 2.75) is 32.7 Å². The molecule has 1 amide bonds. The second kappa shape index (κ2) is 11.3. The Morgan fingerprint density at radius 3 is 3.09 bits per heavy atom. The minimum absolute atomic E-state index is 0.0397. The number of rotatable bonds is 10. The Morgan fingerprint density at radius 2 is 2.26 bits per heavy atom. The number of nitrogens with one attached hydrogen (secondary N) is 2. The third-order valence-electron chi connectivity index (χ3n) is 6.33. The fraction of sp³-hybridized carbons (Fsp3) is 0.462. The van der Waals surface area contributed by atoms with Crippen LogP contribution in [0.5, 0.6) is 11.6 Å². The molecule has 9 nitrogen and oxygen atoms in total. The highest BCUT2D eigenvalue weighted by atomic mass is 16.5. The van der Waals surface area contributed by atoms with Crippen LogP contribution in [0, 0.1) is 17.8 Å². The molecule has 1 atom stereocenters. The summed E-state index contributed by atoms with van der Waals surface area (Å²) in [5.41, 5.74) is 2.77. The van der Waals surface area contributed by atoms with Crippen molar-refractivity contribution in [3.63, 3.8) is 0 Å². The van der Waals surface area contributed by atoms with Crippen LogP contribution in [-0.4, -0.2) is 66.9 Å². The molecule has 0 bridgehead atoms. The molecule has 2 aromatic heterocycles. The van der Waals surface area contributed by atoms with Gasteiger partial charge in [0.25, 0.3) is 5.91 Å². The van der Waals surface area contributed by atoms with Gasteiger partial charge in [-0.05, 0) is 56.0 Å². The van der Waals surface area contributed by atoms with E-state index in [2.05, 4.69) is 43.3 Å². The van der Waals surface area contributed by atoms with Crippen LogP contribution >= 0.6 is 0 Å². The van der Waals surface area contributed by atoms with Crippen LogP contribution in [0.1, 0.15) is 31.2 Å². The van der Waals surface area contributed by atoms with E-state index in [0.717, 1.165) is 62.5 Å². The van der Waals surface area contributed by atoms with Crippen molar-refractivity contribution in [3.05, 3.63) is 35.7 Å². The largest absolute Gasteiger partial charge is 0.481 e. The lowest BCUT2D eigenvalue weighted by atomic mass is 9.90. The highest BCUT2D eigenvalue weighted by Gasteiger charge is 2.33. The van der Waals surface area contributed by atoms with Gasteiger partial charge in [0.15, 0.2) is 18.2 Å². The summed E-state index contributed by atoms with van der Waals surface area (Å²) < 4.78 is 10.6. The van der Waals surface area contributed by atoms with Gasteiger partial charge >= 0.3 is 0 Å². The van der Waals surface area contributed by atoms with E-state index in [4.69, 9.17) is 15.9 Å². The monoisotopic (exact) mass is 476 g/mol. The molecule has 1 saturated heterocycles. The van der Waals surface area contributed by atoms with Gasteiger partial charge in [-0.25, -0.2) is 15.0 Å². The van der Waals surface area contributed by atoms with E-state index in [1.54, 1.807) is 13.2 Å². The average molecular weight is 477 g/mol. The van der Waals surface area contributed by atoms with Crippen LogP contribution in [-0.2, 0) is 17.8 Å². The van der Waals surface area contributed by atoms with Crippen molar-refractivity contribution in [1.29, 1.82) is 0 Å². The minimum Gasteiger partial charge on any atom is -0.481 e. The Balaban J connectivity index is 1.23. The Labute approximate surface area is 206 Å². The predicted octanol–water partition coefficient (Wildman–Crippen LogP) is 2.59. The molecule has 0 radical (unpaired) electrons. The molecule has 0 aromatic carbocycles. The number of pyridine rings is 2. The van der Waals surface area contributed by atoms with Gasteiger partial charge in [-0.2, -0.15) is 0 Å². The van der Waals surface area contributed by atoms with Crippen LogP contribution in [0.15, 0.2) is 29.3 Å². The number of hydrogen-bond acceptors (Lipinski definition) is 8. The molecule has 35 heavy (non-hydrogen) atoms. The number of ether oxygens (including phenoxy) is 2. The maximum absolute atomic E-state index is 11.5. The average Bonchev–Trinajstić information content (AvgIpc) is 3.23. The molecule has 2 aliphatic rings. The Hall–Kier alpha value is -3.48. The van der Waals surface area contributed by atoms with Crippen molar-refractivity contribution in [2.75, 3.05) is 45.2 Å². The van der Waals surface area contributed by atoms with Crippen LogP contribution in [0.2, 0.25) is 0 Å². The molecule has 184 valence electrons. The molecule has 4 heterocycles. The Morgan fingerprint density at radius 1 is 1.37 bits per heavy atom. The molecular formula is C26H32N6O3. The standard InChI is InChI=1S/C26H32N6O3/c1-4-12-28-20-8-10-24(34-3)30-21(20)6-5-13-32-14-11-26(2,18-32)17-27-15-19-7-9-22-25(29-19)31-23(33)16-35-22/h1,7-10,12,27H,5-6,11,13-18H2,2-3H3,(H,29,31,33). The zero-order chi connectivity index (χ0) is 24.7. The SMILES string of the molecule is C#CC=Nc1ccc(OC)nc1CCCN1CCC(C)(CNCc2ccc3c(n2)NC(=O)CO3)C1. The van der Waals surface area contributed by atoms with Gasteiger partial charge in [-0.15, -0.1) is 6.42 Å². The number of carbonyl (C=O) groups excluding carboxylic acids is 1. The van der Waals surface area contributed by atoms with Crippen molar-refractivity contribution in [2.24, 2.45) is 10.4 Å². The van der Waals surface area contributed by atoms with E-state index >= 15 is 0 Å². The van der Waals surface area contributed by atoms with Gasteiger partial charge in [-0.1, -0.05) is 12.8 Å². The highest BCUT2D eigenvalue weighted by molar-refractivity contribution is 5.94. The first kappa shape index (κ1) is 24.6. The van der Waals surface area contributed by atoms with Crippen LogP contribution in [0.3, 0.4) is 0 Å². The number of aryl methyl sites for hydroxylation is 1. The molecule has 0 saturated carbocycles. The van der Waals surface area contributed by atoms with Crippen LogP contribution in [0.4, 0.5) is 11.5 Å². The van der Waals surface area contributed by atoms with E-state index < -0.39 is 0 Å². The van der Waals surface area contributed by atoms with Crippen molar-refractivity contribution >= 4 is 23.6 Å². The number of fused-ring (bicyclic) bond motifs is 1. The lowest BCUT2D eigenvalue weighted by Gasteiger charge is -2.25. The first-order valence-corrected chi connectivity index (χ1v) is 11.9. The number of hydrogen-bond donors (Lipinski definition) is 2. The van der Waals surface area contributed by atoms with E-state index in [0.29, 0.717) is 24.0 Å². The maximum Gasteiger partial charge on any atom is 0.263 e. The normalized spacial score (nSPS) is 19.7. The second-order valence-electron chi connectivity index (χ2n) is 9.27. The number of anilines is 1. The lowest BCUT2D eigenvalue weighted by molar-refractivity contribution is -0.118. The third kappa shape index (κ3) is 6.56. The quantitative estimate of drug-likeness (QED) is 0.402. The summed E-state index contributed by atoms with van der Waals surface area (Å²) in [7, 11) is 1.61. The van der Waals surface area contributed by atoms with E-state index in [1.807, 2.05) is 18.2 Å². The zero-order valence-corrected chi connectivity index (χ0v) is 20.3. The third-order valence-corrected chi connectivity index (χ3v) is 6.33. The molecule has 2 aliphatic heterocycles. The maximum atomic E-state index is 11.5. The Bertz CT molecular complexity index is 1130. The summed E-state index contributed by atoms with van der Waals surface area (Å²) in [5, 5.41) is 6.30. The molecule has 4 rings (SSSR count). The van der Waals surface area contributed by atoms with Crippen molar-refractivity contribution < 1.29 is 14.3 Å². The summed E-state index contributed by atoms with van der Waals surface area (Å²) in [4.78, 5) is 27.4. The topological polar surface area (TPSA) is 101 Å². The Kier molecular flexibility index (Phi) is 7.95. The van der Waals surface area contributed by atoms with E-state index in [-0.39, 0.29) is 17.9 Å². The van der Waals surface area contributed by atoms with Gasteiger partial charge in [0.2, 0.25) is 5.88 Å². The number of amides is 1. The van der Waals surface area contributed by atoms with Crippen molar-refractivity contribution in [3.8, 4) is 24.0 Å². The number of aromatic nitrogens is 2. The van der Waals surface area contributed by atoms with Crippen LogP contribution < -0.4 is 20.1 Å². The first-order valence-electron chi connectivity index (χ1n) is 11.9. The van der Waals surface area contributed by atoms with Gasteiger partial charge in [-0.3, -0.25) is 4.79 Å². The molecule has 9 heteroatoms. The molecule has 0 spiro atoms. The summed E-state index contributed by atoms with van der Waals surface area (Å²) >= 11 is 0. The van der Waals surface area contributed by atoms with Crippen molar-refractivity contribution in [1.82, 2.24) is 20.2 Å². The lowest BCUT2D eigenvalue weighted by Crippen LogP contribution is -2.35. The predicted molar refractivity (Wildman–Crippen MR) is 135 cm³/mol. The summed E-state index contributed by atoms with van der Waals surface area (Å²) in [5.74, 6) is 3.96. The number of nitrogens with zero attached hydrogens (tertiary/aromatic N) is 4. The van der Waals surface area contributed by atoms with E-state index in [1.165, 1.54) is 6.21 Å². The van der Waals surface area contributed by atoms with Gasteiger partial charge < -0.3 is 25.0 Å². The zero-order valence-electron chi connectivity index (χ0n) is 20.3. The number of terminal acetylenes is 1. The molecule has 1 unspecified atom stereocenters. The molecular weight excluding hydrogens is 444 g/mol.